The van der Waals surface area contributed by atoms with Crippen molar-refractivity contribution in [2.45, 2.75) is 50.7 Å². The highest BCUT2D eigenvalue weighted by Gasteiger charge is 2.38. The minimum Gasteiger partial charge on any atom is -0.493 e. The molecule has 1 saturated carbocycles. The van der Waals surface area contributed by atoms with Gasteiger partial charge in [-0.05, 0) is 43.2 Å². The number of anilines is 1. The Labute approximate surface area is 231 Å². The Morgan fingerprint density at radius 1 is 1.00 bits per heavy atom. The van der Waals surface area contributed by atoms with E-state index in [0.717, 1.165) is 32.1 Å². The number of hydrogen-bond acceptors (Lipinski definition) is 6. The third-order valence-electron chi connectivity index (χ3n) is 7.27. The summed E-state index contributed by atoms with van der Waals surface area (Å²) in [4.78, 5) is 29.6. The molecule has 1 aliphatic rings. The molecule has 1 N–H and O–H groups in total. The molecule has 0 aliphatic heterocycles. The number of methoxy groups -OCH3 is 2. The molecule has 9 nitrogen and oxygen atoms in total. The van der Waals surface area contributed by atoms with Crippen LogP contribution in [-0.2, 0) is 16.1 Å². The molecule has 2 amide bonds. The molecule has 10 heteroatoms. The van der Waals surface area contributed by atoms with Crippen molar-refractivity contribution in [3.05, 3.63) is 78.1 Å². The minimum atomic E-state index is -1.26. The van der Waals surface area contributed by atoms with Crippen LogP contribution >= 0.6 is 0 Å². The maximum absolute atomic E-state index is 15.4. The van der Waals surface area contributed by atoms with Crippen molar-refractivity contribution < 1.29 is 23.5 Å². The molecule has 1 heterocycles. The van der Waals surface area contributed by atoms with Crippen molar-refractivity contribution >= 4 is 28.5 Å². The summed E-state index contributed by atoms with van der Waals surface area (Å²) in [5, 5.41) is 11.4. The molecule has 208 valence electrons. The van der Waals surface area contributed by atoms with Gasteiger partial charge in [-0.2, -0.15) is 0 Å². The zero-order valence-electron chi connectivity index (χ0n) is 22.5. The Hall–Kier alpha value is -4.47. The van der Waals surface area contributed by atoms with Gasteiger partial charge in [0.15, 0.2) is 11.5 Å². The maximum Gasteiger partial charge on any atom is 0.249 e. The Kier molecular flexibility index (Phi) is 8.23. The molecule has 0 radical (unpaired) electrons. The Morgan fingerprint density at radius 2 is 1.75 bits per heavy atom. The number of hydrogen-bond donors (Lipinski definition) is 1. The van der Waals surface area contributed by atoms with Gasteiger partial charge in [0, 0.05) is 11.6 Å². The van der Waals surface area contributed by atoms with Crippen molar-refractivity contribution in [3.8, 4) is 11.5 Å². The molecule has 1 aromatic heterocycles. The summed E-state index contributed by atoms with van der Waals surface area (Å²) < 4.78 is 28.1. The van der Waals surface area contributed by atoms with E-state index in [2.05, 4.69) is 15.6 Å². The number of carbonyl (C=O) groups excluding carboxylic acids is 2. The highest BCUT2D eigenvalue weighted by atomic mass is 19.1. The van der Waals surface area contributed by atoms with Crippen LogP contribution in [0.2, 0.25) is 0 Å². The molecule has 5 rings (SSSR count). The molecule has 1 fully saturated rings. The van der Waals surface area contributed by atoms with Gasteiger partial charge in [0.1, 0.15) is 23.9 Å². The number of nitrogens with zero attached hydrogens (tertiary/aromatic N) is 4. The van der Waals surface area contributed by atoms with Crippen LogP contribution in [-0.4, -0.2) is 47.1 Å². The number of para-hydroxylation sites is 3. The lowest BCUT2D eigenvalue weighted by Gasteiger charge is -2.34. The summed E-state index contributed by atoms with van der Waals surface area (Å²) in [7, 11) is 2.96. The van der Waals surface area contributed by atoms with Gasteiger partial charge in [-0.15, -0.1) is 5.10 Å². The lowest BCUT2D eigenvalue weighted by molar-refractivity contribution is -0.127. The number of fused-ring (bicyclic) bond motifs is 1. The first-order chi connectivity index (χ1) is 19.5. The van der Waals surface area contributed by atoms with Crippen molar-refractivity contribution in [2.75, 3.05) is 19.1 Å². The molecule has 0 spiro atoms. The van der Waals surface area contributed by atoms with E-state index in [9.17, 15) is 9.59 Å². The van der Waals surface area contributed by atoms with E-state index < -0.39 is 23.7 Å². The molecular formula is C30H32FN5O4. The second-order valence-electron chi connectivity index (χ2n) is 9.78. The lowest BCUT2D eigenvalue weighted by atomic mass is 9.94. The topological polar surface area (TPSA) is 98.6 Å². The Bertz CT molecular complexity index is 1500. The number of ether oxygens (including phenoxy) is 2. The molecule has 0 bridgehead atoms. The van der Waals surface area contributed by atoms with Gasteiger partial charge >= 0.3 is 0 Å². The summed E-state index contributed by atoms with van der Waals surface area (Å²) in [6.45, 7) is -0.270. The zero-order valence-corrected chi connectivity index (χ0v) is 22.5. The fraction of sp³-hybridized carbons (Fsp3) is 0.333. The highest BCUT2D eigenvalue weighted by Crippen LogP contribution is 2.40. The fourth-order valence-corrected chi connectivity index (χ4v) is 5.35. The van der Waals surface area contributed by atoms with Crippen LogP contribution < -0.4 is 19.7 Å². The summed E-state index contributed by atoms with van der Waals surface area (Å²) in [6.07, 6.45) is 4.81. The molecule has 1 aliphatic carbocycles. The highest BCUT2D eigenvalue weighted by molar-refractivity contribution is 6.02. The largest absolute Gasteiger partial charge is 0.493 e. The normalized spacial score (nSPS) is 14.5. The van der Waals surface area contributed by atoms with Crippen LogP contribution in [0.4, 0.5) is 10.1 Å². The van der Waals surface area contributed by atoms with E-state index in [1.165, 1.54) is 42.0 Å². The molecule has 3 aromatic carbocycles. The van der Waals surface area contributed by atoms with Gasteiger partial charge in [0.05, 0.1) is 25.4 Å². The number of rotatable bonds is 9. The molecule has 0 unspecified atom stereocenters. The van der Waals surface area contributed by atoms with Crippen LogP contribution in [0.25, 0.3) is 11.0 Å². The molecular weight excluding hydrogens is 513 g/mol. The predicted octanol–water partition coefficient (Wildman–Crippen LogP) is 4.81. The quantitative estimate of drug-likeness (QED) is 0.324. The minimum absolute atomic E-state index is 0.0365. The number of aromatic nitrogens is 3. The third kappa shape index (κ3) is 5.47. The van der Waals surface area contributed by atoms with Gasteiger partial charge < -0.3 is 14.8 Å². The monoisotopic (exact) mass is 545 g/mol. The van der Waals surface area contributed by atoms with Gasteiger partial charge in [-0.1, -0.05) is 60.9 Å². The zero-order chi connectivity index (χ0) is 28.1. The predicted molar refractivity (Wildman–Crippen MR) is 149 cm³/mol. The van der Waals surface area contributed by atoms with Crippen LogP contribution in [0.1, 0.15) is 43.7 Å². The van der Waals surface area contributed by atoms with E-state index in [1.54, 1.807) is 36.4 Å². The van der Waals surface area contributed by atoms with Crippen LogP contribution in [0.5, 0.6) is 11.5 Å². The number of carbonyl (C=O) groups is 2. The van der Waals surface area contributed by atoms with Gasteiger partial charge in [0.2, 0.25) is 11.8 Å². The molecule has 4 aromatic rings. The molecule has 1 atom stereocenters. The maximum atomic E-state index is 15.4. The van der Waals surface area contributed by atoms with E-state index in [1.807, 2.05) is 12.1 Å². The summed E-state index contributed by atoms with van der Waals surface area (Å²) in [5.74, 6) is -0.947. The first kappa shape index (κ1) is 27.1. The molecule has 40 heavy (non-hydrogen) atoms. The van der Waals surface area contributed by atoms with Gasteiger partial charge in [-0.3, -0.25) is 14.5 Å². The van der Waals surface area contributed by atoms with E-state index in [4.69, 9.17) is 9.47 Å². The fourth-order valence-electron chi connectivity index (χ4n) is 5.35. The first-order valence-electron chi connectivity index (χ1n) is 13.4. The number of benzene rings is 3. The van der Waals surface area contributed by atoms with E-state index >= 15 is 4.39 Å². The molecule has 0 saturated heterocycles. The second-order valence-corrected chi connectivity index (χ2v) is 9.78. The summed E-state index contributed by atoms with van der Waals surface area (Å²) in [6, 6.07) is 17.0. The van der Waals surface area contributed by atoms with Crippen molar-refractivity contribution in [1.29, 1.82) is 0 Å². The number of halogens is 1. The SMILES string of the molecule is COc1cccc([C@H](C(=O)NC2CCCCC2)N(C(=O)Cn2nnc3ccccc32)c2ccccc2F)c1OC. The van der Waals surface area contributed by atoms with Crippen molar-refractivity contribution in [3.63, 3.8) is 0 Å². The van der Waals surface area contributed by atoms with E-state index in [-0.39, 0.29) is 24.0 Å². The van der Waals surface area contributed by atoms with Crippen LogP contribution in [0, 0.1) is 5.82 Å². The lowest BCUT2D eigenvalue weighted by Crippen LogP contribution is -2.48. The van der Waals surface area contributed by atoms with Crippen LogP contribution in [0.15, 0.2) is 66.7 Å². The average molecular weight is 546 g/mol. The third-order valence-corrected chi connectivity index (χ3v) is 7.27. The number of nitrogens with one attached hydrogen (secondary N) is 1. The Balaban J connectivity index is 1.64. The summed E-state index contributed by atoms with van der Waals surface area (Å²) in [5.41, 5.74) is 1.60. The Morgan fingerprint density at radius 3 is 2.50 bits per heavy atom. The van der Waals surface area contributed by atoms with Crippen molar-refractivity contribution in [2.24, 2.45) is 0 Å². The van der Waals surface area contributed by atoms with Crippen molar-refractivity contribution in [1.82, 2.24) is 20.3 Å². The van der Waals surface area contributed by atoms with Crippen LogP contribution in [0.3, 0.4) is 0 Å². The summed E-state index contributed by atoms with van der Waals surface area (Å²) >= 11 is 0. The number of amides is 2. The standard InChI is InChI=1S/C30H32FN5O4/c1-39-26-18-10-13-21(29(26)40-2)28(30(38)32-20-11-4-3-5-12-20)36(24-16-8-6-14-22(24)31)27(37)19-35-25-17-9-7-15-23(25)33-34-35/h6-10,13-18,20,28H,3-5,11-12,19H2,1-2H3,(H,32,38)/t28-/m1/s1. The van der Waals surface area contributed by atoms with Gasteiger partial charge in [0.25, 0.3) is 0 Å². The van der Waals surface area contributed by atoms with E-state index in [0.29, 0.717) is 22.3 Å². The smallest absolute Gasteiger partial charge is 0.249 e. The average Bonchev–Trinajstić information content (AvgIpc) is 3.39. The first-order valence-corrected chi connectivity index (χ1v) is 13.4. The second kappa shape index (κ2) is 12.1. The van der Waals surface area contributed by atoms with Gasteiger partial charge in [-0.25, -0.2) is 9.07 Å².